The molecule has 11 aromatic rings. The number of aromatic nitrogens is 3. The summed E-state index contributed by atoms with van der Waals surface area (Å²) in [6.07, 6.45) is 0. The van der Waals surface area contributed by atoms with Crippen molar-refractivity contribution in [3.63, 3.8) is 0 Å². The highest BCUT2D eigenvalue weighted by Gasteiger charge is 2.21. The van der Waals surface area contributed by atoms with Gasteiger partial charge < -0.3 is 4.57 Å². The smallest absolute Gasteiger partial charge is 0.138 e. The minimum Gasteiger partial charge on any atom is -0.309 e. The molecule has 0 aliphatic heterocycles. The Balaban J connectivity index is 1.14. The molecule has 0 unspecified atom stereocenters. The maximum atomic E-state index is 5.42. The fourth-order valence-electron chi connectivity index (χ4n) is 8.52. The van der Waals surface area contributed by atoms with Crippen molar-refractivity contribution in [2.45, 2.75) is 0 Å². The molecule has 0 aliphatic carbocycles. The van der Waals surface area contributed by atoms with Crippen molar-refractivity contribution in [1.82, 2.24) is 14.1 Å². The molecule has 3 heteroatoms. The highest BCUT2D eigenvalue weighted by molar-refractivity contribution is 6.28. The van der Waals surface area contributed by atoms with Crippen molar-refractivity contribution in [2.24, 2.45) is 0 Å². The quantitative estimate of drug-likeness (QED) is 0.168. The summed E-state index contributed by atoms with van der Waals surface area (Å²) in [6.45, 7) is 0. The average molecular weight is 714 g/mol. The molecule has 11 rings (SSSR count). The van der Waals surface area contributed by atoms with Crippen LogP contribution in [0, 0.1) is 0 Å². The van der Waals surface area contributed by atoms with E-state index in [1.807, 2.05) is 0 Å². The molecule has 0 bridgehead atoms. The Morgan fingerprint density at radius 2 is 0.696 bits per heavy atom. The largest absolute Gasteiger partial charge is 0.309 e. The fraction of sp³-hybridized carbons (Fsp3) is 0. The molecule has 0 saturated carbocycles. The van der Waals surface area contributed by atoms with Crippen molar-refractivity contribution in [1.29, 1.82) is 0 Å². The van der Waals surface area contributed by atoms with Gasteiger partial charge in [-0.2, -0.15) is 0 Å². The van der Waals surface area contributed by atoms with Crippen molar-refractivity contribution in [2.75, 3.05) is 0 Å². The Labute approximate surface area is 325 Å². The van der Waals surface area contributed by atoms with Gasteiger partial charge in [0, 0.05) is 32.8 Å². The Morgan fingerprint density at radius 3 is 1.25 bits per heavy atom. The van der Waals surface area contributed by atoms with Gasteiger partial charge in [0.05, 0.1) is 27.8 Å². The summed E-state index contributed by atoms with van der Waals surface area (Å²) in [7, 11) is 0. The van der Waals surface area contributed by atoms with E-state index in [1.165, 1.54) is 54.8 Å². The number of fused-ring (bicyclic) bond motifs is 7. The molecular formula is C53H35N3. The lowest BCUT2D eigenvalue weighted by molar-refractivity contribution is 1.08. The lowest BCUT2D eigenvalue weighted by Gasteiger charge is -2.13. The van der Waals surface area contributed by atoms with Crippen LogP contribution in [0.4, 0.5) is 0 Å². The second-order valence-electron chi connectivity index (χ2n) is 14.4. The zero-order chi connectivity index (χ0) is 37.0. The number of benzene rings is 8. The van der Waals surface area contributed by atoms with Crippen LogP contribution >= 0.6 is 0 Å². The van der Waals surface area contributed by atoms with Crippen LogP contribution in [-0.2, 0) is 0 Å². The molecule has 0 fully saturated rings. The molecule has 262 valence electrons. The molecule has 0 amide bonds. The first-order valence-corrected chi connectivity index (χ1v) is 19.1. The van der Waals surface area contributed by atoms with E-state index >= 15 is 0 Å². The molecule has 0 aliphatic rings. The van der Waals surface area contributed by atoms with Crippen LogP contribution in [0.25, 0.3) is 99.8 Å². The molecular weight excluding hydrogens is 679 g/mol. The molecule has 0 N–H and O–H groups in total. The van der Waals surface area contributed by atoms with E-state index in [1.54, 1.807) is 0 Å². The number of hydrogen-bond donors (Lipinski definition) is 0. The van der Waals surface area contributed by atoms with E-state index in [4.69, 9.17) is 4.98 Å². The third-order valence-corrected chi connectivity index (χ3v) is 11.1. The van der Waals surface area contributed by atoms with Gasteiger partial charge in [0.2, 0.25) is 0 Å². The van der Waals surface area contributed by atoms with Gasteiger partial charge in [0.15, 0.2) is 0 Å². The summed E-state index contributed by atoms with van der Waals surface area (Å²) in [6, 6.07) is 76.1. The van der Waals surface area contributed by atoms with E-state index in [2.05, 4.69) is 221 Å². The SMILES string of the molecule is c1ccc(-c2ccc(-c3cc(-c4ccccc4)nc(-n4c5ccccc5c5c6c7ccccc7n(-c7ccc(-c8ccccc8)cc7)c6ccc54)c3)cc2)cc1. The molecule has 0 spiro atoms. The Hall–Kier alpha value is -7.49. The molecule has 3 heterocycles. The first-order valence-electron chi connectivity index (χ1n) is 19.1. The molecule has 3 nitrogen and oxygen atoms in total. The Kier molecular flexibility index (Phi) is 7.49. The standard InChI is InChI=1S/C53H35N3/c1-4-14-36(15-5-1)38-24-26-40(27-25-38)42-34-46(41-18-8-3-9-19-41)54-51(35-42)56-48-23-13-11-21-45(48)53-50(56)33-32-49-52(53)44-20-10-12-22-47(44)55(49)43-30-28-39(29-31-43)37-16-6-2-7-17-37/h1-35H. The third kappa shape index (κ3) is 5.25. The van der Waals surface area contributed by atoms with Crippen molar-refractivity contribution in [3.05, 3.63) is 212 Å². The van der Waals surface area contributed by atoms with Crippen LogP contribution in [0.15, 0.2) is 212 Å². The highest BCUT2D eigenvalue weighted by atomic mass is 15.1. The monoisotopic (exact) mass is 713 g/mol. The summed E-state index contributed by atoms with van der Waals surface area (Å²) in [4.78, 5) is 5.42. The predicted octanol–water partition coefficient (Wildman–Crippen LogP) is 13.9. The van der Waals surface area contributed by atoms with Gasteiger partial charge in [0.25, 0.3) is 0 Å². The van der Waals surface area contributed by atoms with Crippen molar-refractivity contribution >= 4 is 43.6 Å². The maximum absolute atomic E-state index is 5.42. The van der Waals surface area contributed by atoms with Crippen LogP contribution in [-0.4, -0.2) is 14.1 Å². The van der Waals surface area contributed by atoms with Crippen LogP contribution in [0.1, 0.15) is 0 Å². The summed E-state index contributed by atoms with van der Waals surface area (Å²) < 4.78 is 4.77. The van der Waals surface area contributed by atoms with Crippen LogP contribution in [0.2, 0.25) is 0 Å². The minimum atomic E-state index is 0.888. The lowest BCUT2D eigenvalue weighted by Crippen LogP contribution is -2.00. The molecule has 0 radical (unpaired) electrons. The molecule has 0 saturated heterocycles. The third-order valence-electron chi connectivity index (χ3n) is 11.1. The van der Waals surface area contributed by atoms with Gasteiger partial charge in [-0.05, 0) is 81.9 Å². The molecule has 56 heavy (non-hydrogen) atoms. The van der Waals surface area contributed by atoms with Crippen LogP contribution < -0.4 is 0 Å². The van der Waals surface area contributed by atoms with Gasteiger partial charge in [-0.1, -0.05) is 164 Å². The highest BCUT2D eigenvalue weighted by Crippen LogP contribution is 2.43. The zero-order valence-electron chi connectivity index (χ0n) is 30.5. The predicted molar refractivity (Wildman–Crippen MR) is 235 cm³/mol. The van der Waals surface area contributed by atoms with Gasteiger partial charge in [0.1, 0.15) is 5.82 Å². The number of rotatable bonds is 6. The van der Waals surface area contributed by atoms with Gasteiger partial charge >= 0.3 is 0 Å². The number of para-hydroxylation sites is 2. The molecule has 3 aromatic heterocycles. The fourth-order valence-corrected chi connectivity index (χ4v) is 8.52. The second-order valence-corrected chi connectivity index (χ2v) is 14.4. The molecule has 0 atom stereocenters. The van der Waals surface area contributed by atoms with Gasteiger partial charge in [-0.15, -0.1) is 0 Å². The maximum Gasteiger partial charge on any atom is 0.138 e. The van der Waals surface area contributed by atoms with Crippen LogP contribution in [0.3, 0.4) is 0 Å². The molecule has 8 aromatic carbocycles. The Bertz CT molecular complexity index is 3190. The topological polar surface area (TPSA) is 22.8 Å². The zero-order valence-corrected chi connectivity index (χ0v) is 30.5. The van der Waals surface area contributed by atoms with E-state index in [0.717, 1.165) is 44.9 Å². The number of nitrogens with zero attached hydrogens (tertiary/aromatic N) is 3. The van der Waals surface area contributed by atoms with Crippen molar-refractivity contribution in [3.8, 4) is 56.1 Å². The van der Waals surface area contributed by atoms with E-state index < -0.39 is 0 Å². The lowest BCUT2D eigenvalue weighted by atomic mass is 9.99. The second kappa shape index (κ2) is 13.1. The first-order chi connectivity index (χ1) is 27.8. The minimum absolute atomic E-state index is 0.888. The average Bonchev–Trinajstić information content (AvgIpc) is 3.80. The summed E-state index contributed by atoms with van der Waals surface area (Å²) in [5, 5.41) is 4.91. The summed E-state index contributed by atoms with van der Waals surface area (Å²) in [5.74, 6) is 0.888. The van der Waals surface area contributed by atoms with E-state index in [-0.39, 0.29) is 0 Å². The summed E-state index contributed by atoms with van der Waals surface area (Å²) >= 11 is 0. The number of pyridine rings is 1. The van der Waals surface area contributed by atoms with Crippen LogP contribution in [0.5, 0.6) is 0 Å². The van der Waals surface area contributed by atoms with Gasteiger partial charge in [-0.25, -0.2) is 4.98 Å². The normalized spacial score (nSPS) is 11.6. The van der Waals surface area contributed by atoms with Crippen molar-refractivity contribution < 1.29 is 0 Å². The van der Waals surface area contributed by atoms with Gasteiger partial charge in [-0.3, -0.25) is 4.57 Å². The summed E-state index contributed by atoms with van der Waals surface area (Å²) in [5.41, 5.74) is 14.9. The first kappa shape index (κ1) is 32.0. The van der Waals surface area contributed by atoms with E-state index in [0.29, 0.717) is 0 Å². The van der Waals surface area contributed by atoms with E-state index in [9.17, 15) is 0 Å². The Morgan fingerprint density at radius 1 is 0.286 bits per heavy atom. The number of hydrogen-bond acceptors (Lipinski definition) is 1.